The molecule has 7 amide bonds. The number of nitrogens with one attached hydrogen (secondary N) is 8. The number of aromatic nitrogens is 2. The number of nitrogens with zero attached hydrogens (tertiary/aromatic N) is 2. The summed E-state index contributed by atoms with van der Waals surface area (Å²) in [6.07, 6.45) is 4.07. The second-order valence-electron chi connectivity index (χ2n) is 12.8. The van der Waals surface area contributed by atoms with Crippen molar-refractivity contribution in [2.24, 2.45) is 11.8 Å². The number of hydrogen-bond donors (Lipinski definition) is 8. The van der Waals surface area contributed by atoms with Crippen molar-refractivity contribution in [3.05, 3.63) is 32.1 Å². The van der Waals surface area contributed by atoms with Crippen molar-refractivity contribution in [2.75, 3.05) is 59.0 Å². The van der Waals surface area contributed by atoms with E-state index in [-0.39, 0.29) is 150 Å². The van der Waals surface area contributed by atoms with Crippen LogP contribution in [-0.2, 0) is 44.7 Å². The van der Waals surface area contributed by atoms with Gasteiger partial charge in [0.05, 0.1) is 37.9 Å². The molecule has 1 rings (SSSR count). The minimum atomic E-state index is -0.965. The van der Waals surface area contributed by atoms with Gasteiger partial charge in [0.25, 0.3) is 0 Å². The summed E-state index contributed by atoms with van der Waals surface area (Å²) < 4.78 is 5.56. The Bertz CT molecular complexity index is 1270. The molecule has 0 saturated carbocycles. The fourth-order valence-corrected chi connectivity index (χ4v) is 4.96. The van der Waals surface area contributed by atoms with Gasteiger partial charge < -0.3 is 70.4 Å². The number of ether oxygens (including phenoxy) is 1. The van der Waals surface area contributed by atoms with Crippen LogP contribution in [0.1, 0.15) is 53.2 Å². The van der Waals surface area contributed by atoms with E-state index in [4.69, 9.17) is 4.74 Å². The van der Waals surface area contributed by atoms with Crippen LogP contribution in [0.3, 0.4) is 0 Å². The number of imidazole rings is 1. The molecule has 0 spiro atoms. The Labute approximate surface area is 382 Å². The normalized spacial score (nSPS) is 12.8. The molecule has 8 N–H and O–H groups in total. The molecule has 1 unspecified atom stereocenters. The molecule has 20 heteroatoms. The Kier molecular flexibility index (Phi) is 30.9. The summed E-state index contributed by atoms with van der Waals surface area (Å²) in [7, 11) is 0. The number of rotatable bonds is 26. The third-order valence-corrected chi connectivity index (χ3v) is 7.79. The van der Waals surface area contributed by atoms with Crippen LogP contribution in [0.5, 0.6) is 0 Å². The second kappa shape index (κ2) is 31.0. The summed E-state index contributed by atoms with van der Waals surface area (Å²) in [4.78, 5) is 95.0. The standard InChI is InChI=1S/C34H58N10O8.2Gd/c1-8-23(4)31(43-33(50)29(41-26(7)47)18-27-19-35-21-40-27)34(51)42-28(17-22(2)3)32(49)39-12-16-52-15-11-38-30(48)20-44(13-9-36-24(5)45)14-10-37-25(6)46;;/h19,21-23,28-29,31H,5-6,8-18,20H2,1-4,7H3,(H,35,40)(H,36,45)(H,37,46)(H,38,48)(H,39,49)(H,41,47)(H,42,51)(H,43,50);;/q-2;;/t23?,28-,29-,31-;;/m0../s1. The molecule has 310 valence electrons. The third-order valence-electron chi connectivity index (χ3n) is 7.79. The summed E-state index contributed by atoms with van der Waals surface area (Å²) in [5, 5.41) is 18.9. The number of H-pyrrole nitrogens is 1. The summed E-state index contributed by atoms with van der Waals surface area (Å²) in [5.74, 6) is -3.23. The third kappa shape index (κ3) is 25.1. The minimum absolute atomic E-state index is 0. The van der Waals surface area contributed by atoms with Gasteiger partial charge in [0.1, 0.15) is 18.1 Å². The van der Waals surface area contributed by atoms with Crippen LogP contribution < -0.4 is 37.2 Å². The van der Waals surface area contributed by atoms with E-state index in [0.29, 0.717) is 31.6 Å². The molecule has 0 aliphatic carbocycles. The van der Waals surface area contributed by atoms with Gasteiger partial charge in [-0.05, 0) is 18.3 Å². The molecule has 0 saturated heterocycles. The van der Waals surface area contributed by atoms with Gasteiger partial charge in [-0.1, -0.05) is 34.1 Å². The largest absolute Gasteiger partial charge is 0.380 e. The van der Waals surface area contributed by atoms with Crippen molar-refractivity contribution in [2.45, 2.75) is 72.0 Å². The van der Waals surface area contributed by atoms with Crippen LogP contribution >= 0.6 is 0 Å². The maximum Gasteiger partial charge on any atom is 0.243 e. The van der Waals surface area contributed by atoms with Crippen molar-refractivity contribution in [3.63, 3.8) is 0 Å². The summed E-state index contributed by atoms with van der Waals surface area (Å²) >= 11 is 0. The molecule has 1 heterocycles. The average Bonchev–Trinajstić information content (AvgIpc) is 3.57. The van der Waals surface area contributed by atoms with E-state index in [1.807, 2.05) is 27.7 Å². The smallest absolute Gasteiger partial charge is 0.243 e. The summed E-state index contributed by atoms with van der Waals surface area (Å²) in [5.41, 5.74) is 0.631. The molecule has 1 aromatic heterocycles. The van der Waals surface area contributed by atoms with Crippen LogP contribution in [-0.4, -0.2) is 133 Å². The maximum absolute atomic E-state index is 13.6. The Hall–Kier alpha value is -2.19. The van der Waals surface area contributed by atoms with Crippen LogP contribution in [0, 0.1) is 106 Å². The van der Waals surface area contributed by atoms with Gasteiger partial charge in [-0.15, -0.1) is 0 Å². The molecule has 0 aromatic carbocycles. The number of hydrogen-bond acceptors (Lipinski definition) is 10. The molecule has 0 aliphatic rings. The molecule has 0 radical (unpaired) electrons. The van der Waals surface area contributed by atoms with Crippen LogP contribution in [0.15, 0.2) is 12.5 Å². The van der Waals surface area contributed by atoms with Gasteiger partial charge >= 0.3 is 0 Å². The first-order valence-electron chi connectivity index (χ1n) is 17.5. The predicted octanol–water partition coefficient (Wildman–Crippen LogP) is -2.03. The average molecular weight is 1050 g/mol. The van der Waals surface area contributed by atoms with Crippen LogP contribution in [0.25, 0.3) is 0 Å². The van der Waals surface area contributed by atoms with E-state index in [0.717, 1.165) is 0 Å². The zero-order valence-corrected chi connectivity index (χ0v) is 36.3. The van der Waals surface area contributed by atoms with Crippen molar-refractivity contribution in [1.82, 2.24) is 52.1 Å². The molecule has 18 nitrogen and oxygen atoms in total. The molecule has 0 fully saturated rings. The fraction of sp³-hybridized carbons (Fsp3) is 0.647. The zero-order chi connectivity index (χ0) is 39.1. The topological polar surface area (TPSA) is 245 Å². The van der Waals surface area contributed by atoms with Crippen LogP contribution in [0.2, 0.25) is 0 Å². The van der Waals surface area contributed by atoms with E-state index >= 15 is 0 Å². The van der Waals surface area contributed by atoms with Gasteiger partial charge in [0.2, 0.25) is 29.5 Å². The number of amides is 7. The summed E-state index contributed by atoms with van der Waals surface area (Å²) in [6, 6.07) is -2.79. The number of aromatic amines is 1. The first-order chi connectivity index (χ1) is 24.6. The van der Waals surface area contributed by atoms with Crippen molar-refractivity contribution >= 4 is 41.4 Å². The van der Waals surface area contributed by atoms with E-state index < -0.39 is 53.6 Å². The Balaban J connectivity index is 0. The van der Waals surface area contributed by atoms with Gasteiger partial charge in [0.15, 0.2) is 0 Å². The van der Waals surface area contributed by atoms with Crippen molar-refractivity contribution in [3.8, 4) is 0 Å². The molecular formula is C34H58Gd2N10O8-2. The van der Waals surface area contributed by atoms with Crippen LogP contribution in [0.4, 0.5) is 0 Å². The zero-order valence-electron chi connectivity index (χ0n) is 31.8. The SMILES string of the molecule is [CH2-]C(=O)NCCN(CCNC([CH2-])=O)CC(=O)NCCOCCNC(=O)[C@H](CC(C)C)NC(=O)[C@@H](NC(=O)[C@H](Cc1cnc[nH]1)NC(C)=O)C(C)CC.[Gd].[Gd]. The van der Waals surface area contributed by atoms with Crippen molar-refractivity contribution in [1.29, 1.82) is 0 Å². The quantitative estimate of drug-likeness (QED) is 0.0374. The monoisotopic (exact) mass is 1050 g/mol. The summed E-state index contributed by atoms with van der Waals surface area (Å²) in [6.45, 7) is 17.4. The van der Waals surface area contributed by atoms with E-state index in [1.54, 1.807) is 11.1 Å². The molecular weight excluding hydrogens is 991 g/mol. The van der Waals surface area contributed by atoms with E-state index in [1.165, 1.54) is 13.3 Å². The van der Waals surface area contributed by atoms with Gasteiger partial charge in [-0.2, -0.15) is 0 Å². The maximum atomic E-state index is 13.6. The number of carbonyl (C=O) groups is 7. The predicted molar refractivity (Wildman–Crippen MR) is 193 cm³/mol. The first kappa shape index (κ1) is 53.9. The Morgan fingerprint density at radius 3 is 1.89 bits per heavy atom. The molecule has 0 aliphatic heterocycles. The first-order valence-corrected chi connectivity index (χ1v) is 17.5. The van der Waals surface area contributed by atoms with E-state index in [2.05, 4.69) is 61.0 Å². The van der Waals surface area contributed by atoms with Gasteiger partial charge in [0, 0.05) is 144 Å². The molecule has 0 bridgehead atoms. The van der Waals surface area contributed by atoms with Crippen molar-refractivity contribution < 1.29 is 118 Å². The van der Waals surface area contributed by atoms with Gasteiger partial charge in [-0.25, -0.2) is 4.98 Å². The second-order valence-corrected chi connectivity index (χ2v) is 12.8. The molecule has 54 heavy (non-hydrogen) atoms. The minimum Gasteiger partial charge on any atom is -0.380 e. The molecule has 1 aromatic rings. The molecule has 4 atom stereocenters. The fourth-order valence-electron chi connectivity index (χ4n) is 4.96. The Morgan fingerprint density at radius 2 is 1.39 bits per heavy atom. The Morgan fingerprint density at radius 1 is 0.796 bits per heavy atom. The van der Waals surface area contributed by atoms with Gasteiger partial charge in [-0.3, -0.25) is 28.9 Å². The number of carbonyl (C=O) groups excluding carboxylic acids is 7. The van der Waals surface area contributed by atoms with E-state index in [9.17, 15) is 33.6 Å².